The molecule has 5 nitrogen and oxygen atoms in total. The largest absolute Gasteiger partial charge is 0.482 e. The number of carboxylic acids is 1. The second-order valence-electron chi connectivity index (χ2n) is 5.19. The van der Waals surface area contributed by atoms with Gasteiger partial charge in [0.1, 0.15) is 5.75 Å². The molecule has 0 unspecified atom stereocenters. The highest BCUT2D eigenvalue weighted by Crippen LogP contribution is 2.37. The quantitative estimate of drug-likeness (QED) is 0.791. The van der Waals surface area contributed by atoms with Crippen LogP contribution in [0.4, 0.5) is 0 Å². The molecule has 0 bridgehead atoms. The van der Waals surface area contributed by atoms with Gasteiger partial charge < -0.3 is 15.2 Å². The zero-order valence-corrected chi connectivity index (χ0v) is 11.5. The lowest BCUT2D eigenvalue weighted by molar-refractivity contribution is -0.139. The Bertz CT molecular complexity index is 483. The molecule has 2 rings (SSSR count). The fourth-order valence-corrected chi connectivity index (χ4v) is 2.05. The minimum Gasteiger partial charge on any atom is -0.482 e. The summed E-state index contributed by atoms with van der Waals surface area (Å²) >= 11 is 0. The van der Waals surface area contributed by atoms with E-state index in [9.17, 15) is 9.59 Å². The Kier molecular flexibility index (Phi) is 4.61. The van der Waals surface area contributed by atoms with Gasteiger partial charge in [0.15, 0.2) is 6.61 Å². The summed E-state index contributed by atoms with van der Waals surface area (Å²) in [6.07, 6.45) is 1.76. The highest BCUT2D eigenvalue weighted by Gasteiger charge is 2.38. The van der Waals surface area contributed by atoms with Crippen molar-refractivity contribution in [2.45, 2.75) is 19.8 Å². The maximum absolute atomic E-state index is 11.6. The molecule has 0 radical (unpaired) electrons. The van der Waals surface area contributed by atoms with Gasteiger partial charge in [0.05, 0.1) is 0 Å². The summed E-state index contributed by atoms with van der Waals surface area (Å²) in [5.74, 6) is 0.430. The number of carbonyl (C=O) groups is 2. The third-order valence-corrected chi connectivity index (χ3v) is 3.44. The number of hydrogen-bond acceptors (Lipinski definition) is 3. The molecule has 2 atom stereocenters. The first kappa shape index (κ1) is 14.4. The highest BCUT2D eigenvalue weighted by molar-refractivity contribution is 5.81. The van der Waals surface area contributed by atoms with Gasteiger partial charge in [0.2, 0.25) is 5.91 Å². The van der Waals surface area contributed by atoms with Crippen LogP contribution in [0.3, 0.4) is 0 Å². The van der Waals surface area contributed by atoms with Gasteiger partial charge in [0.25, 0.3) is 0 Å². The van der Waals surface area contributed by atoms with Gasteiger partial charge >= 0.3 is 5.97 Å². The molecule has 0 heterocycles. The Labute approximate surface area is 117 Å². The molecule has 1 saturated carbocycles. The number of carboxylic acid groups (broad SMARTS) is 1. The van der Waals surface area contributed by atoms with E-state index in [-0.39, 0.29) is 18.4 Å². The van der Waals surface area contributed by atoms with Crippen LogP contribution in [0.15, 0.2) is 24.3 Å². The van der Waals surface area contributed by atoms with Crippen molar-refractivity contribution in [1.82, 2.24) is 5.32 Å². The summed E-state index contributed by atoms with van der Waals surface area (Å²) in [5.41, 5.74) is 1.08. The van der Waals surface area contributed by atoms with Crippen molar-refractivity contribution in [3.63, 3.8) is 0 Å². The van der Waals surface area contributed by atoms with E-state index in [2.05, 4.69) is 12.2 Å². The first-order valence-corrected chi connectivity index (χ1v) is 6.77. The zero-order chi connectivity index (χ0) is 14.5. The van der Waals surface area contributed by atoms with E-state index in [1.165, 1.54) is 0 Å². The normalized spacial score (nSPS) is 20.2. The Morgan fingerprint density at radius 3 is 2.55 bits per heavy atom. The zero-order valence-electron chi connectivity index (χ0n) is 11.5. The SMILES string of the molecule is C[C@H]1C[C@H]1C(=O)NCCc1ccc(OCC(=O)O)cc1. The topological polar surface area (TPSA) is 75.6 Å². The molecule has 1 amide bonds. The van der Waals surface area contributed by atoms with Gasteiger partial charge in [-0.25, -0.2) is 4.79 Å². The van der Waals surface area contributed by atoms with Crippen LogP contribution in [-0.2, 0) is 16.0 Å². The Hall–Kier alpha value is -2.04. The number of carbonyl (C=O) groups excluding carboxylic acids is 1. The van der Waals surface area contributed by atoms with Crippen LogP contribution in [-0.4, -0.2) is 30.1 Å². The van der Waals surface area contributed by atoms with Gasteiger partial charge in [0, 0.05) is 12.5 Å². The van der Waals surface area contributed by atoms with Gasteiger partial charge in [-0.15, -0.1) is 0 Å². The first-order chi connectivity index (χ1) is 9.56. The third-order valence-electron chi connectivity index (χ3n) is 3.44. The summed E-state index contributed by atoms with van der Waals surface area (Å²) in [6, 6.07) is 7.23. The first-order valence-electron chi connectivity index (χ1n) is 6.77. The third kappa shape index (κ3) is 4.26. The molecule has 5 heteroatoms. The molecule has 0 aliphatic heterocycles. The summed E-state index contributed by atoms with van der Waals surface area (Å²) in [6.45, 7) is 2.37. The predicted molar refractivity (Wildman–Crippen MR) is 73.6 cm³/mol. The molecule has 1 aromatic rings. The minimum absolute atomic E-state index is 0.152. The van der Waals surface area contributed by atoms with E-state index < -0.39 is 5.97 Å². The number of ether oxygens (including phenoxy) is 1. The fraction of sp³-hybridized carbons (Fsp3) is 0.467. The van der Waals surface area contributed by atoms with Crippen LogP contribution in [0.1, 0.15) is 18.9 Å². The standard InChI is InChI=1S/C15H19NO4/c1-10-8-13(10)15(19)16-7-6-11-2-4-12(5-3-11)20-9-14(17)18/h2-5,10,13H,6-9H2,1H3,(H,16,19)(H,17,18)/t10-,13+/m0/s1. The van der Waals surface area contributed by atoms with E-state index in [0.717, 1.165) is 18.4 Å². The number of amides is 1. The molecule has 20 heavy (non-hydrogen) atoms. The van der Waals surface area contributed by atoms with Crippen molar-refractivity contribution in [2.75, 3.05) is 13.2 Å². The molecule has 0 aromatic heterocycles. The Balaban J connectivity index is 1.70. The van der Waals surface area contributed by atoms with Crippen molar-refractivity contribution < 1.29 is 19.4 Å². The maximum atomic E-state index is 11.6. The van der Waals surface area contributed by atoms with Crippen molar-refractivity contribution in [2.24, 2.45) is 11.8 Å². The molecular weight excluding hydrogens is 258 g/mol. The fourth-order valence-electron chi connectivity index (χ4n) is 2.05. The van der Waals surface area contributed by atoms with Crippen LogP contribution in [0, 0.1) is 11.8 Å². The summed E-state index contributed by atoms with van der Waals surface area (Å²) in [5, 5.41) is 11.4. The lowest BCUT2D eigenvalue weighted by Gasteiger charge is -2.06. The smallest absolute Gasteiger partial charge is 0.341 e. The molecular formula is C15H19NO4. The van der Waals surface area contributed by atoms with Gasteiger partial charge in [-0.1, -0.05) is 19.1 Å². The van der Waals surface area contributed by atoms with Crippen molar-refractivity contribution in [3.05, 3.63) is 29.8 Å². The minimum atomic E-state index is -0.994. The van der Waals surface area contributed by atoms with E-state index in [4.69, 9.17) is 9.84 Å². The summed E-state index contributed by atoms with van der Waals surface area (Å²) < 4.78 is 5.05. The van der Waals surface area contributed by atoms with Crippen molar-refractivity contribution in [3.8, 4) is 5.75 Å². The highest BCUT2D eigenvalue weighted by atomic mass is 16.5. The number of benzene rings is 1. The van der Waals surface area contributed by atoms with E-state index in [1.807, 2.05) is 12.1 Å². The summed E-state index contributed by atoms with van der Waals surface area (Å²) in [7, 11) is 0. The second kappa shape index (κ2) is 6.41. The average Bonchev–Trinajstić information content (AvgIpc) is 3.15. The van der Waals surface area contributed by atoms with Gasteiger partial charge in [-0.3, -0.25) is 4.79 Å². The predicted octanol–water partition coefficient (Wildman–Crippen LogP) is 1.46. The van der Waals surface area contributed by atoms with Crippen molar-refractivity contribution >= 4 is 11.9 Å². The molecule has 1 fully saturated rings. The number of rotatable bonds is 7. The van der Waals surface area contributed by atoms with Gasteiger partial charge in [-0.05, 0) is 36.5 Å². The summed E-state index contributed by atoms with van der Waals surface area (Å²) in [4.78, 5) is 22.0. The molecule has 2 N–H and O–H groups in total. The molecule has 0 saturated heterocycles. The van der Waals surface area contributed by atoms with Crippen molar-refractivity contribution in [1.29, 1.82) is 0 Å². The van der Waals surface area contributed by atoms with E-state index >= 15 is 0 Å². The lowest BCUT2D eigenvalue weighted by atomic mass is 10.1. The molecule has 1 aliphatic rings. The molecule has 108 valence electrons. The Morgan fingerprint density at radius 1 is 1.35 bits per heavy atom. The maximum Gasteiger partial charge on any atom is 0.341 e. The van der Waals surface area contributed by atoms with E-state index in [1.54, 1.807) is 12.1 Å². The number of hydrogen-bond donors (Lipinski definition) is 2. The molecule has 1 aromatic carbocycles. The molecule has 1 aliphatic carbocycles. The Morgan fingerprint density at radius 2 is 2.00 bits per heavy atom. The monoisotopic (exact) mass is 277 g/mol. The van der Waals surface area contributed by atoms with Crippen LogP contribution in [0.5, 0.6) is 5.75 Å². The number of aliphatic carboxylic acids is 1. The van der Waals surface area contributed by atoms with Crippen LogP contribution in [0.2, 0.25) is 0 Å². The van der Waals surface area contributed by atoms with Crippen LogP contribution >= 0.6 is 0 Å². The van der Waals surface area contributed by atoms with Gasteiger partial charge in [-0.2, -0.15) is 0 Å². The van der Waals surface area contributed by atoms with Crippen LogP contribution in [0.25, 0.3) is 0 Å². The lowest BCUT2D eigenvalue weighted by Crippen LogP contribution is -2.27. The number of nitrogens with one attached hydrogen (secondary N) is 1. The van der Waals surface area contributed by atoms with Crippen LogP contribution < -0.4 is 10.1 Å². The van der Waals surface area contributed by atoms with E-state index in [0.29, 0.717) is 18.2 Å². The second-order valence-corrected chi connectivity index (χ2v) is 5.19. The molecule has 0 spiro atoms. The average molecular weight is 277 g/mol.